The first-order valence-electron chi connectivity index (χ1n) is 9.49. The summed E-state index contributed by atoms with van der Waals surface area (Å²) >= 11 is 9.14. The highest BCUT2D eigenvalue weighted by atomic mass is 79.9. The monoisotopic (exact) mass is 542 g/mol. The van der Waals surface area contributed by atoms with Crippen LogP contribution in [-0.2, 0) is 10.2 Å². The zero-order valence-corrected chi connectivity index (χ0v) is 20.1. The first kappa shape index (κ1) is 24.1. The van der Waals surface area contributed by atoms with Gasteiger partial charge >= 0.3 is 6.01 Å². The van der Waals surface area contributed by atoms with E-state index in [1.807, 2.05) is 19.1 Å². The minimum absolute atomic E-state index is 0.0860. The van der Waals surface area contributed by atoms with Crippen molar-refractivity contribution in [3.05, 3.63) is 52.5 Å². The fourth-order valence-electron chi connectivity index (χ4n) is 2.48. The second-order valence-electron chi connectivity index (χ2n) is 6.29. The van der Waals surface area contributed by atoms with E-state index >= 15 is 0 Å². The lowest BCUT2D eigenvalue weighted by Gasteiger charge is -2.15. The Morgan fingerprint density at radius 1 is 1.03 bits per heavy atom. The van der Waals surface area contributed by atoms with Gasteiger partial charge in [0.15, 0.2) is 5.82 Å². The maximum absolute atomic E-state index is 12.4. The molecule has 1 aromatic carbocycles. The number of halogens is 2. The first-order valence-corrected chi connectivity index (χ1v) is 12.1. The van der Waals surface area contributed by atoms with Gasteiger partial charge in [0.2, 0.25) is 5.88 Å². The highest BCUT2D eigenvalue weighted by Crippen LogP contribution is 2.34. The lowest BCUT2D eigenvalue weighted by atomic mass is 10.1. The molecule has 0 aliphatic heterocycles. The van der Waals surface area contributed by atoms with E-state index in [0.29, 0.717) is 29.1 Å². The zero-order chi connectivity index (χ0) is 23.0. The molecular formula is C19H20BrClN6O4S. The van der Waals surface area contributed by atoms with Crippen LogP contribution in [0, 0.1) is 0 Å². The Labute approximate surface area is 199 Å². The second-order valence-corrected chi connectivity index (χ2v) is 9.14. The molecule has 170 valence electrons. The van der Waals surface area contributed by atoms with Crippen LogP contribution in [0.1, 0.15) is 13.3 Å². The third-order valence-electron chi connectivity index (χ3n) is 3.87. The summed E-state index contributed by atoms with van der Waals surface area (Å²) in [5, 5.41) is 0.400. The minimum Gasteiger partial charge on any atom is -0.473 e. The lowest BCUT2D eigenvalue weighted by Crippen LogP contribution is -2.31. The Balaban J connectivity index is 1.81. The Morgan fingerprint density at radius 3 is 2.41 bits per heavy atom. The maximum Gasteiger partial charge on any atom is 0.316 e. The van der Waals surface area contributed by atoms with Gasteiger partial charge in [0.25, 0.3) is 10.2 Å². The van der Waals surface area contributed by atoms with Crippen LogP contribution >= 0.6 is 27.5 Å². The molecule has 0 aliphatic rings. The molecule has 0 radical (unpaired) electrons. The summed E-state index contributed by atoms with van der Waals surface area (Å²) in [4.78, 5) is 16.2. The predicted octanol–water partition coefficient (Wildman–Crippen LogP) is 3.46. The third-order valence-corrected chi connectivity index (χ3v) is 5.64. The molecule has 2 N–H and O–H groups in total. The van der Waals surface area contributed by atoms with Crippen molar-refractivity contribution < 1.29 is 17.9 Å². The molecule has 2 heterocycles. The van der Waals surface area contributed by atoms with Crippen LogP contribution in [-0.4, -0.2) is 48.1 Å². The van der Waals surface area contributed by atoms with E-state index in [1.54, 1.807) is 12.1 Å². The fourth-order valence-corrected chi connectivity index (χ4v) is 3.80. The standard InChI is InChI=1S/C19H20BrClN6O4S/c1-2-7-26-32(28,29)27-17-16(13-3-5-14(20)6-4-13)18(25-12-24-17)30-8-9-31-19-22-10-15(21)11-23-19/h3-6,10-12,26H,2,7-9H2,1H3,(H,24,25,27). The zero-order valence-electron chi connectivity index (χ0n) is 17.0. The van der Waals surface area contributed by atoms with Crippen molar-refractivity contribution in [2.24, 2.45) is 0 Å². The van der Waals surface area contributed by atoms with Crippen molar-refractivity contribution in [3.8, 4) is 23.0 Å². The van der Waals surface area contributed by atoms with E-state index < -0.39 is 10.2 Å². The number of anilines is 1. The smallest absolute Gasteiger partial charge is 0.316 e. The van der Waals surface area contributed by atoms with Gasteiger partial charge in [-0.15, -0.1) is 0 Å². The molecule has 10 nitrogen and oxygen atoms in total. The molecule has 2 aromatic heterocycles. The number of rotatable bonds is 11. The predicted molar refractivity (Wildman–Crippen MR) is 124 cm³/mol. The number of nitrogens with zero attached hydrogens (tertiary/aromatic N) is 4. The van der Waals surface area contributed by atoms with Crippen molar-refractivity contribution in [2.75, 3.05) is 24.5 Å². The van der Waals surface area contributed by atoms with E-state index in [9.17, 15) is 8.42 Å². The van der Waals surface area contributed by atoms with Crippen molar-refractivity contribution >= 4 is 43.6 Å². The van der Waals surface area contributed by atoms with Crippen LogP contribution in [0.15, 0.2) is 47.5 Å². The topological polar surface area (TPSA) is 128 Å². The molecule has 13 heteroatoms. The largest absolute Gasteiger partial charge is 0.473 e. The van der Waals surface area contributed by atoms with Gasteiger partial charge in [0, 0.05) is 11.0 Å². The van der Waals surface area contributed by atoms with Gasteiger partial charge in [0.05, 0.1) is 23.0 Å². The van der Waals surface area contributed by atoms with Crippen molar-refractivity contribution in [1.29, 1.82) is 0 Å². The number of nitrogens with one attached hydrogen (secondary N) is 2. The summed E-state index contributed by atoms with van der Waals surface area (Å²) in [6.45, 7) is 2.39. The van der Waals surface area contributed by atoms with Gasteiger partial charge < -0.3 is 9.47 Å². The molecular weight excluding hydrogens is 524 g/mol. The molecule has 0 unspecified atom stereocenters. The van der Waals surface area contributed by atoms with Crippen LogP contribution in [0.5, 0.6) is 11.9 Å². The van der Waals surface area contributed by atoms with E-state index in [-0.39, 0.29) is 30.9 Å². The van der Waals surface area contributed by atoms with Crippen molar-refractivity contribution in [1.82, 2.24) is 24.7 Å². The number of ether oxygens (including phenoxy) is 2. The molecule has 0 aliphatic carbocycles. The average molecular weight is 544 g/mol. The minimum atomic E-state index is -3.82. The van der Waals surface area contributed by atoms with Gasteiger partial charge in [-0.25, -0.2) is 19.9 Å². The number of hydrogen-bond donors (Lipinski definition) is 2. The molecule has 0 saturated carbocycles. The molecule has 3 rings (SSSR count). The molecule has 0 spiro atoms. The molecule has 0 saturated heterocycles. The quantitative estimate of drug-likeness (QED) is 0.352. The summed E-state index contributed by atoms with van der Waals surface area (Å²) in [6, 6.07) is 7.39. The highest BCUT2D eigenvalue weighted by molar-refractivity contribution is 9.10. The third kappa shape index (κ3) is 6.99. The number of benzene rings is 1. The van der Waals surface area contributed by atoms with Gasteiger partial charge in [0.1, 0.15) is 19.5 Å². The summed E-state index contributed by atoms with van der Waals surface area (Å²) in [6.07, 6.45) is 4.71. The maximum atomic E-state index is 12.4. The van der Waals surface area contributed by atoms with Crippen molar-refractivity contribution in [3.63, 3.8) is 0 Å². The lowest BCUT2D eigenvalue weighted by molar-refractivity contribution is 0.202. The summed E-state index contributed by atoms with van der Waals surface area (Å²) < 4.78 is 41.7. The number of hydrogen-bond acceptors (Lipinski definition) is 8. The first-order chi connectivity index (χ1) is 15.4. The van der Waals surface area contributed by atoms with E-state index in [0.717, 1.165) is 4.47 Å². The van der Waals surface area contributed by atoms with Crippen LogP contribution in [0.25, 0.3) is 11.1 Å². The van der Waals surface area contributed by atoms with Gasteiger partial charge in [-0.3, -0.25) is 4.72 Å². The van der Waals surface area contributed by atoms with Gasteiger partial charge in [-0.1, -0.05) is 46.6 Å². The molecule has 0 atom stereocenters. The Hall–Kier alpha value is -2.54. The SMILES string of the molecule is CCCNS(=O)(=O)Nc1ncnc(OCCOc2ncc(Cl)cn2)c1-c1ccc(Br)cc1. The normalized spacial score (nSPS) is 11.2. The van der Waals surface area contributed by atoms with E-state index in [2.05, 4.69) is 45.3 Å². The van der Waals surface area contributed by atoms with Gasteiger partial charge in [-0.2, -0.15) is 13.1 Å². The molecule has 0 amide bonds. The Bertz CT molecular complexity index is 1130. The van der Waals surface area contributed by atoms with Crippen LogP contribution in [0.3, 0.4) is 0 Å². The Kier molecular flexibility index (Phi) is 8.56. The summed E-state index contributed by atoms with van der Waals surface area (Å²) in [7, 11) is -3.82. The van der Waals surface area contributed by atoms with E-state index in [4.69, 9.17) is 21.1 Å². The van der Waals surface area contributed by atoms with Crippen LogP contribution < -0.4 is 18.9 Å². The molecule has 3 aromatic rings. The van der Waals surface area contributed by atoms with Crippen LogP contribution in [0.4, 0.5) is 5.82 Å². The average Bonchev–Trinajstić information content (AvgIpc) is 2.77. The van der Waals surface area contributed by atoms with Crippen LogP contribution in [0.2, 0.25) is 5.02 Å². The fraction of sp³-hybridized carbons (Fsp3) is 0.263. The van der Waals surface area contributed by atoms with Gasteiger partial charge in [-0.05, 0) is 24.1 Å². The molecule has 0 fully saturated rings. The highest BCUT2D eigenvalue weighted by Gasteiger charge is 2.19. The van der Waals surface area contributed by atoms with E-state index in [1.165, 1.54) is 18.7 Å². The summed E-state index contributed by atoms with van der Waals surface area (Å²) in [5.74, 6) is 0.277. The molecule has 32 heavy (non-hydrogen) atoms. The Morgan fingerprint density at radius 2 is 1.72 bits per heavy atom. The second kappa shape index (κ2) is 11.4. The number of aromatic nitrogens is 4. The molecule has 0 bridgehead atoms. The van der Waals surface area contributed by atoms with Crippen molar-refractivity contribution in [2.45, 2.75) is 13.3 Å². The summed E-state index contributed by atoms with van der Waals surface area (Å²) in [5.41, 5.74) is 1.06.